The molecule has 0 unspecified atom stereocenters. The highest BCUT2D eigenvalue weighted by Gasteiger charge is 2.08. The number of hydrogen-bond donors (Lipinski definition) is 0. The second kappa shape index (κ2) is 5.91. The fourth-order valence-electron chi connectivity index (χ4n) is 3.00. The standard InChI is InChI=1S/C22H15Cl/c23-20-11-6-10-17(14-20)19-13-18-9-4-5-12-21(18)22(15-19)16-7-2-1-3-8-16/h1-15H. The minimum absolute atomic E-state index is 0.761. The highest BCUT2D eigenvalue weighted by molar-refractivity contribution is 6.30. The van der Waals surface area contributed by atoms with Crippen LogP contribution in [0.5, 0.6) is 0 Å². The van der Waals surface area contributed by atoms with Crippen LogP contribution in [0, 0.1) is 0 Å². The second-order valence-electron chi connectivity index (χ2n) is 5.62. The smallest absolute Gasteiger partial charge is 0.0412 e. The maximum Gasteiger partial charge on any atom is 0.0412 e. The summed E-state index contributed by atoms with van der Waals surface area (Å²) in [5.74, 6) is 0. The molecule has 0 amide bonds. The minimum atomic E-state index is 0.761. The van der Waals surface area contributed by atoms with Crippen molar-refractivity contribution in [1.29, 1.82) is 0 Å². The molecular weight excluding hydrogens is 300 g/mol. The van der Waals surface area contributed by atoms with E-state index in [4.69, 9.17) is 11.6 Å². The Kier molecular flexibility index (Phi) is 3.61. The third-order valence-corrected chi connectivity index (χ3v) is 4.34. The number of rotatable bonds is 2. The lowest BCUT2D eigenvalue weighted by Gasteiger charge is -2.11. The summed E-state index contributed by atoms with van der Waals surface area (Å²) in [5.41, 5.74) is 4.80. The maximum atomic E-state index is 6.17. The lowest BCUT2D eigenvalue weighted by molar-refractivity contribution is 1.61. The van der Waals surface area contributed by atoms with Gasteiger partial charge in [0, 0.05) is 5.02 Å². The molecule has 0 nitrogen and oxygen atoms in total. The lowest BCUT2D eigenvalue weighted by Crippen LogP contribution is -1.85. The van der Waals surface area contributed by atoms with Crippen LogP contribution < -0.4 is 0 Å². The van der Waals surface area contributed by atoms with Gasteiger partial charge in [0.05, 0.1) is 0 Å². The number of hydrogen-bond acceptors (Lipinski definition) is 0. The van der Waals surface area contributed by atoms with Crippen molar-refractivity contribution in [3.05, 3.63) is 96.0 Å². The van der Waals surface area contributed by atoms with Crippen molar-refractivity contribution in [2.24, 2.45) is 0 Å². The SMILES string of the molecule is Clc1cccc(-c2cc(-c3ccccc3)c3ccccc3c2)c1. The van der Waals surface area contributed by atoms with Gasteiger partial charge in [0.1, 0.15) is 0 Å². The van der Waals surface area contributed by atoms with Gasteiger partial charge in [-0.25, -0.2) is 0 Å². The zero-order valence-corrected chi connectivity index (χ0v) is 13.3. The van der Waals surface area contributed by atoms with Crippen LogP contribution in [0.25, 0.3) is 33.0 Å². The minimum Gasteiger partial charge on any atom is -0.0843 e. The molecule has 0 heterocycles. The van der Waals surface area contributed by atoms with E-state index in [2.05, 4.69) is 66.7 Å². The molecule has 0 aromatic heterocycles. The Morgan fingerprint density at radius 1 is 0.522 bits per heavy atom. The van der Waals surface area contributed by atoms with E-state index >= 15 is 0 Å². The molecule has 1 heteroatoms. The zero-order chi connectivity index (χ0) is 15.6. The normalized spacial score (nSPS) is 10.8. The molecule has 0 saturated carbocycles. The average Bonchev–Trinajstić information content (AvgIpc) is 2.61. The van der Waals surface area contributed by atoms with Crippen molar-refractivity contribution >= 4 is 22.4 Å². The van der Waals surface area contributed by atoms with Gasteiger partial charge in [0.15, 0.2) is 0 Å². The predicted molar refractivity (Wildman–Crippen MR) is 99.8 cm³/mol. The average molecular weight is 315 g/mol. The maximum absolute atomic E-state index is 6.17. The van der Waals surface area contributed by atoms with Gasteiger partial charge in [0.25, 0.3) is 0 Å². The molecule has 110 valence electrons. The van der Waals surface area contributed by atoms with Crippen LogP contribution in [0.4, 0.5) is 0 Å². The summed E-state index contributed by atoms with van der Waals surface area (Å²) in [6.07, 6.45) is 0. The first-order chi connectivity index (χ1) is 11.3. The van der Waals surface area contributed by atoms with E-state index in [1.54, 1.807) is 0 Å². The molecule has 4 rings (SSSR count). The molecule has 23 heavy (non-hydrogen) atoms. The molecule has 4 aromatic rings. The van der Waals surface area contributed by atoms with Crippen LogP contribution in [0.1, 0.15) is 0 Å². The molecular formula is C22H15Cl. The Hall–Kier alpha value is -2.57. The van der Waals surface area contributed by atoms with Crippen molar-refractivity contribution in [3.8, 4) is 22.3 Å². The van der Waals surface area contributed by atoms with Gasteiger partial charge >= 0.3 is 0 Å². The molecule has 0 spiro atoms. The summed E-state index contributed by atoms with van der Waals surface area (Å²) < 4.78 is 0. The summed E-state index contributed by atoms with van der Waals surface area (Å²) in [6, 6.07) is 31.5. The molecule has 0 N–H and O–H groups in total. The molecule has 0 aliphatic rings. The van der Waals surface area contributed by atoms with Gasteiger partial charge in [-0.2, -0.15) is 0 Å². The monoisotopic (exact) mass is 314 g/mol. The third-order valence-electron chi connectivity index (χ3n) is 4.10. The Labute approximate surface area is 141 Å². The highest BCUT2D eigenvalue weighted by Crippen LogP contribution is 2.34. The quantitative estimate of drug-likeness (QED) is 0.380. The molecule has 0 saturated heterocycles. The van der Waals surface area contributed by atoms with Crippen LogP contribution in [-0.4, -0.2) is 0 Å². The molecule has 0 atom stereocenters. The van der Waals surface area contributed by atoms with Crippen LogP contribution in [0.15, 0.2) is 91.0 Å². The number of halogens is 1. The third kappa shape index (κ3) is 2.74. The van der Waals surface area contributed by atoms with Crippen molar-refractivity contribution in [2.45, 2.75) is 0 Å². The lowest BCUT2D eigenvalue weighted by atomic mass is 9.93. The molecule has 0 aliphatic heterocycles. The van der Waals surface area contributed by atoms with Crippen molar-refractivity contribution in [2.75, 3.05) is 0 Å². The summed E-state index contributed by atoms with van der Waals surface area (Å²) in [4.78, 5) is 0. The van der Waals surface area contributed by atoms with E-state index in [1.165, 1.54) is 27.5 Å². The van der Waals surface area contributed by atoms with E-state index in [0.29, 0.717) is 0 Å². The topological polar surface area (TPSA) is 0 Å². The largest absolute Gasteiger partial charge is 0.0843 e. The van der Waals surface area contributed by atoms with Crippen LogP contribution >= 0.6 is 11.6 Å². The van der Waals surface area contributed by atoms with Gasteiger partial charge < -0.3 is 0 Å². The second-order valence-corrected chi connectivity index (χ2v) is 6.06. The summed E-state index contributed by atoms with van der Waals surface area (Å²) in [5, 5.41) is 3.27. The predicted octanol–water partition coefficient (Wildman–Crippen LogP) is 6.83. The van der Waals surface area contributed by atoms with E-state index in [9.17, 15) is 0 Å². The van der Waals surface area contributed by atoms with Crippen LogP contribution in [-0.2, 0) is 0 Å². The molecule has 0 aliphatic carbocycles. The molecule has 0 radical (unpaired) electrons. The van der Waals surface area contributed by atoms with Crippen LogP contribution in [0.3, 0.4) is 0 Å². The van der Waals surface area contributed by atoms with E-state index in [0.717, 1.165) is 10.6 Å². The summed E-state index contributed by atoms with van der Waals surface area (Å²) in [7, 11) is 0. The van der Waals surface area contributed by atoms with Gasteiger partial charge in [-0.15, -0.1) is 0 Å². The van der Waals surface area contributed by atoms with E-state index in [1.807, 2.05) is 24.3 Å². The Bertz CT molecular complexity index is 971. The fraction of sp³-hybridized carbons (Fsp3) is 0. The molecule has 0 fully saturated rings. The van der Waals surface area contributed by atoms with Crippen molar-refractivity contribution < 1.29 is 0 Å². The summed E-state index contributed by atoms with van der Waals surface area (Å²) >= 11 is 6.17. The Balaban J connectivity index is 2.01. The zero-order valence-electron chi connectivity index (χ0n) is 12.5. The summed E-state index contributed by atoms with van der Waals surface area (Å²) in [6.45, 7) is 0. The Morgan fingerprint density at radius 2 is 1.26 bits per heavy atom. The van der Waals surface area contributed by atoms with Crippen molar-refractivity contribution in [3.63, 3.8) is 0 Å². The first kappa shape index (κ1) is 14.0. The van der Waals surface area contributed by atoms with Crippen LogP contribution in [0.2, 0.25) is 5.02 Å². The van der Waals surface area contributed by atoms with E-state index < -0.39 is 0 Å². The van der Waals surface area contributed by atoms with Crippen molar-refractivity contribution in [1.82, 2.24) is 0 Å². The number of benzene rings is 4. The van der Waals surface area contributed by atoms with Gasteiger partial charge in [0.2, 0.25) is 0 Å². The fourth-order valence-corrected chi connectivity index (χ4v) is 3.19. The van der Waals surface area contributed by atoms with Gasteiger partial charge in [-0.3, -0.25) is 0 Å². The van der Waals surface area contributed by atoms with Gasteiger partial charge in [-0.1, -0.05) is 78.3 Å². The van der Waals surface area contributed by atoms with Gasteiger partial charge in [-0.05, 0) is 57.3 Å². The highest BCUT2D eigenvalue weighted by atomic mass is 35.5. The molecule has 0 bridgehead atoms. The van der Waals surface area contributed by atoms with E-state index in [-0.39, 0.29) is 0 Å². The Morgan fingerprint density at radius 3 is 2.09 bits per heavy atom. The first-order valence-electron chi connectivity index (χ1n) is 7.65. The first-order valence-corrected chi connectivity index (χ1v) is 8.03. The molecule has 4 aromatic carbocycles. The number of fused-ring (bicyclic) bond motifs is 1.